The van der Waals surface area contributed by atoms with E-state index in [4.69, 9.17) is 0 Å². The van der Waals surface area contributed by atoms with E-state index >= 15 is 0 Å². The molecular formula is C23H22N6O2. The summed E-state index contributed by atoms with van der Waals surface area (Å²) >= 11 is 0. The monoisotopic (exact) mass is 414 g/mol. The fraction of sp³-hybridized carbons (Fsp3) is 0.261. The van der Waals surface area contributed by atoms with E-state index in [1.165, 1.54) is 10.7 Å². The number of aryl methyl sites for hydroxylation is 1. The van der Waals surface area contributed by atoms with Crippen LogP contribution in [0.3, 0.4) is 0 Å². The molecule has 3 aromatic heterocycles. The third kappa shape index (κ3) is 3.50. The van der Waals surface area contributed by atoms with Gasteiger partial charge in [0.05, 0.1) is 23.8 Å². The number of hydrogen-bond acceptors (Lipinski definition) is 5. The van der Waals surface area contributed by atoms with Gasteiger partial charge >= 0.3 is 0 Å². The van der Waals surface area contributed by atoms with Crippen molar-refractivity contribution in [3.63, 3.8) is 0 Å². The first-order chi connectivity index (χ1) is 15.1. The van der Waals surface area contributed by atoms with Gasteiger partial charge < -0.3 is 4.90 Å². The second-order valence-electron chi connectivity index (χ2n) is 7.76. The maximum Gasteiger partial charge on any atom is 0.275 e. The van der Waals surface area contributed by atoms with Crippen molar-refractivity contribution in [1.29, 1.82) is 0 Å². The number of fused-ring (bicyclic) bond motifs is 1. The summed E-state index contributed by atoms with van der Waals surface area (Å²) in [7, 11) is 1.84. The van der Waals surface area contributed by atoms with Crippen LogP contribution in [0.4, 0.5) is 0 Å². The van der Waals surface area contributed by atoms with Crippen molar-refractivity contribution in [2.45, 2.75) is 25.4 Å². The third-order valence-corrected chi connectivity index (χ3v) is 5.82. The summed E-state index contributed by atoms with van der Waals surface area (Å²) in [6.45, 7) is 1.00. The number of benzene rings is 1. The van der Waals surface area contributed by atoms with Gasteiger partial charge in [-0.2, -0.15) is 10.2 Å². The molecule has 1 unspecified atom stereocenters. The molecule has 4 aromatic rings. The van der Waals surface area contributed by atoms with Crippen molar-refractivity contribution in [3.8, 4) is 11.3 Å². The molecule has 1 aliphatic rings. The third-order valence-electron chi connectivity index (χ3n) is 5.82. The van der Waals surface area contributed by atoms with Gasteiger partial charge in [-0.25, -0.2) is 4.68 Å². The number of nitrogens with zero attached hydrogens (tertiary/aromatic N) is 6. The first-order valence-corrected chi connectivity index (χ1v) is 10.3. The summed E-state index contributed by atoms with van der Waals surface area (Å²) in [6.07, 6.45) is 5.10. The van der Waals surface area contributed by atoms with Crippen LogP contribution in [0.15, 0.2) is 65.7 Å². The number of rotatable bonds is 4. The molecule has 1 aromatic carbocycles. The standard InChI is InChI=1S/C23H22N6O2/c1-27-20-7-3-2-6-18(20)22(26-27)23(31)28-14-4-5-17(28)15-29-21(30)9-8-19(25-29)16-10-12-24-13-11-16/h2-3,6-13,17H,4-5,14-15H2,1H3. The Labute approximate surface area is 178 Å². The Bertz CT molecular complexity index is 1310. The van der Waals surface area contributed by atoms with Crippen LogP contribution in [-0.2, 0) is 13.6 Å². The van der Waals surface area contributed by atoms with Gasteiger partial charge in [0.1, 0.15) is 0 Å². The fourth-order valence-corrected chi connectivity index (χ4v) is 4.26. The topological polar surface area (TPSA) is 85.9 Å². The average Bonchev–Trinajstić information content (AvgIpc) is 3.40. The van der Waals surface area contributed by atoms with Gasteiger partial charge in [-0.1, -0.05) is 18.2 Å². The van der Waals surface area contributed by atoms with E-state index in [-0.39, 0.29) is 17.5 Å². The summed E-state index contributed by atoms with van der Waals surface area (Å²) in [4.78, 5) is 31.7. The molecule has 0 N–H and O–H groups in total. The zero-order chi connectivity index (χ0) is 21.4. The van der Waals surface area contributed by atoms with Crippen LogP contribution >= 0.6 is 0 Å². The van der Waals surface area contributed by atoms with Crippen LogP contribution in [0.25, 0.3) is 22.2 Å². The smallest absolute Gasteiger partial charge is 0.275 e. The number of carbonyl (C=O) groups is 1. The molecule has 4 heterocycles. The largest absolute Gasteiger partial charge is 0.332 e. The van der Waals surface area contributed by atoms with Crippen LogP contribution in [0.1, 0.15) is 23.3 Å². The summed E-state index contributed by atoms with van der Waals surface area (Å²) in [5, 5.41) is 9.87. The minimum Gasteiger partial charge on any atom is -0.332 e. The first kappa shape index (κ1) is 19.2. The lowest BCUT2D eigenvalue weighted by Crippen LogP contribution is -2.40. The molecular weight excluding hydrogens is 392 g/mol. The lowest BCUT2D eigenvalue weighted by molar-refractivity contribution is 0.0715. The molecule has 8 heteroatoms. The van der Waals surface area contributed by atoms with Crippen molar-refractivity contribution in [2.75, 3.05) is 6.54 Å². The van der Waals surface area contributed by atoms with Crippen LogP contribution in [0.5, 0.6) is 0 Å². The van der Waals surface area contributed by atoms with Crippen molar-refractivity contribution < 1.29 is 4.79 Å². The lowest BCUT2D eigenvalue weighted by Gasteiger charge is -2.24. The zero-order valence-electron chi connectivity index (χ0n) is 17.2. The van der Waals surface area contributed by atoms with Crippen LogP contribution in [0.2, 0.25) is 0 Å². The predicted octanol–water partition coefficient (Wildman–Crippen LogP) is 2.50. The molecule has 0 saturated carbocycles. The Morgan fingerprint density at radius 1 is 1.06 bits per heavy atom. The molecule has 0 aliphatic carbocycles. The highest BCUT2D eigenvalue weighted by molar-refractivity contribution is 6.05. The molecule has 0 bridgehead atoms. The second-order valence-corrected chi connectivity index (χ2v) is 7.76. The van der Waals surface area contributed by atoms with Gasteiger partial charge in [-0.3, -0.25) is 19.3 Å². The Balaban J connectivity index is 1.44. The molecule has 1 saturated heterocycles. The number of pyridine rings is 1. The second kappa shape index (κ2) is 7.79. The molecule has 1 fully saturated rings. The van der Waals surface area contributed by atoms with Crippen molar-refractivity contribution in [2.24, 2.45) is 7.05 Å². The van der Waals surface area contributed by atoms with Gasteiger partial charge in [0.25, 0.3) is 11.5 Å². The Morgan fingerprint density at radius 3 is 2.71 bits per heavy atom. The van der Waals surface area contributed by atoms with E-state index < -0.39 is 0 Å². The number of hydrogen-bond donors (Lipinski definition) is 0. The SMILES string of the molecule is Cn1nc(C(=O)N2CCCC2Cn2nc(-c3ccncc3)ccc2=O)c2ccccc21. The van der Waals surface area contributed by atoms with Gasteiger partial charge in [-0.05, 0) is 37.1 Å². The van der Waals surface area contributed by atoms with Crippen LogP contribution in [-0.4, -0.2) is 47.9 Å². The molecule has 156 valence electrons. The molecule has 1 aliphatic heterocycles. The van der Waals surface area contributed by atoms with E-state index in [0.717, 1.165) is 29.3 Å². The van der Waals surface area contributed by atoms with Crippen LogP contribution in [0, 0.1) is 0 Å². The van der Waals surface area contributed by atoms with Crippen molar-refractivity contribution in [3.05, 3.63) is 77.0 Å². The normalized spacial score (nSPS) is 16.2. The number of amides is 1. The van der Waals surface area contributed by atoms with E-state index in [9.17, 15) is 9.59 Å². The van der Waals surface area contributed by atoms with Gasteiger partial charge in [0, 0.05) is 43.0 Å². The van der Waals surface area contributed by atoms with E-state index in [1.807, 2.05) is 48.3 Å². The highest BCUT2D eigenvalue weighted by Crippen LogP contribution is 2.25. The summed E-state index contributed by atoms with van der Waals surface area (Å²) in [5.74, 6) is -0.0994. The lowest BCUT2D eigenvalue weighted by atomic mass is 10.1. The molecule has 31 heavy (non-hydrogen) atoms. The highest BCUT2D eigenvalue weighted by atomic mass is 16.2. The van der Waals surface area contributed by atoms with Gasteiger partial charge in [0.15, 0.2) is 5.69 Å². The maximum atomic E-state index is 13.4. The molecule has 0 spiro atoms. The number of carbonyl (C=O) groups excluding carboxylic acids is 1. The Hall–Kier alpha value is -3.81. The Morgan fingerprint density at radius 2 is 1.87 bits per heavy atom. The summed E-state index contributed by atoms with van der Waals surface area (Å²) in [6, 6.07) is 14.6. The highest BCUT2D eigenvalue weighted by Gasteiger charge is 2.32. The minimum atomic E-state index is -0.180. The van der Waals surface area contributed by atoms with Gasteiger partial charge in [-0.15, -0.1) is 0 Å². The number of para-hydroxylation sites is 1. The summed E-state index contributed by atoms with van der Waals surface area (Å²) in [5.41, 5.74) is 2.79. The molecule has 1 amide bonds. The van der Waals surface area contributed by atoms with E-state index in [2.05, 4.69) is 15.2 Å². The molecule has 1 atom stereocenters. The quantitative estimate of drug-likeness (QED) is 0.512. The zero-order valence-corrected chi connectivity index (χ0v) is 17.2. The first-order valence-electron chi connectivity index (χ1n) is 10.3. The number of likely N-dealkylation sites (tertiary alicyclic amines) is 1. The molecule has 8 nitrogen and oxygen atoms in total. The van der Waals surface area contributed by atoms with Crippen molar-refractivity contribution >= 4 is 16.8 Å². The van der Waals surface area contributed by atoms with Crippen LogP contribution < -0.4 is 5.56 Å². The van der Waals surface area contributed by atoms with Crippen molar-refractivity contribution in [1.82, 2.24) is 29.4 Å². The van der Waals surface area contributed by atoms with E-state index in [1.54, 1.807) is 23.1 Å². The maximum absolute atomic E-state index is 13.4. The van der Waals surface area contributed by atoms with Gasteiger partial charge in [0.2, 0.25) is 0 Å². The average molecular weight is 414 g/mol. The molecule has 5 rings (SSSR count). The number of aromatic nitrogens is 5. The Kier molecular flexibility index (Phi) is 4.82. The predicted molar refractivity (Wildman–Crippen MR) is 117 cm³/mol. The van der Waals surface area contributed by atoms with E-state index in [0.29, 0.717) is 24.5 Å². The fourth-order valence-electron chi connectivity index (χ4n) is 4.26. The summed E-state index contributed by atoms with van der Waals surface area (Å²) < 4.78 is 3.19. The minimum absolute atomic E-state index is 0.0994. The molecule has 0 radical (unpaired) electrons.